The molecule has 0 atom stereocenters. The number of hydrogen-bond donors (Lipinski definition) is 0. The van der Waals surface area contributed by atoms with E-state index in [1.54, 1.807) is 12.1 Å². The molecule has 1 aromatic rings. The maximum atomic E-state index is 11.7. The molecule has 1 aromatic carbocycles. The molecule has 0 aliphatic heterocycles. The van der Waals surface area contributed by atoms with Gasteiger partial charge in [0.1, 0.15) is 5.75 Å². The van der Waals surface area contributed by atoms with Crippen LogP contribution >= 0.6 is 0 Å². The maximum absolute atomic E-state index is 11.7. The molecule has 0 unspecified atom stereocenters. The minimum absolute atomic E-state index is 0.0864. The molecule has 0 saturated heterocycles. The number of halogens is 3. The highest BCUT2D eigenvalue weighted by atomic mass is 28.1. The molecule has 5 heteroatoms. The molecule has 0 fully saturated rings. The van der Waals surface area contributed by atoms with Crippen molar-refractivity contribution in [3.05, 3.63) is 24.3 Å². The minimum atomic E-state index is -4.58. The normalized spacial score (nSPS) is 11.6. The molecule has 0 saturated carbocycles. The van der Waals surface area contributed by atoms with Gasteiger partial charge in [-0.15, -0.1) is 13.2 Å². The first kappa shape index (κ1) is 9.12. The molecular formula is C7H7F3OSi. The first-order chi connectivity index (χ1) is 5.49. The lowest BCUT2D eigenvalue weighted by atomic mass is 10.3. The van der Waals surface area contributed by atoms with E-state index in [4.69, 9.17) is 0 Å². The second-order valence-corrected chi connectivity index (χ2v) is 3.39. The van der Waals surface area contributed by atoms with Crippen LogP contribution in [0.1, 0.15) is 0 Å². The van der Waals surface area contributed by atoms with Gasteiger partial charge >= 0.3 is 6.36 Å². The molecule has 66 valence electrons. The highest BCUT2D eigenvalue weighted by molar-refractivity contribution is 6.34. The molecule has 0 aromatic heterocycles. The van der Waals surface area contributed by atoms with Gasteiger partial charge in [0.15, 0.2) is 0 Å². The number of hydrogen-bond acceptors (Lipinski definition) is 1. The Labute approximate surface area is 70.6 Å². The van der Waals surface area contributed by atoms with Gasteiger partial charge in [0.2, 0.25) is 0 Å². The molecule has 0 aliphatic carbocycles. The Balaban J connectivity index is 2.83. The van der Waals surface area contributed by atoms with Gasteiger partial charge in [-0.1, -0.05) is 18.2 Å². The number of alkyl halides is 3. The van der Waals surface area contributed by atoms with Crippen LogP contribution in [-0.2, 0) is 0 Å². The molecule has 0 aliphatic rings. The van der Waals surface area contributed by atoms with Crippen LogP contribution in [0.25, 0.3) is 0 Å². The molecular weight excluding hydrogens is 185 g/mol. The largest absolute Gasteiger partial charge is 0.573 e. The summed E-state index contributed by atoms with van der Waals surface area (Å²) in [6, 6.07) is 6.14. The summed E-state index contributed by atoms with van der Waals surface area (Å²) in [6.07, 6.45) is -4.58. The Morgan fingerprint density at radius 3 is 2.25 bits per heavy atom. The van der Waals surface area contributed by atoms with E-state index in [0.717, 1.165) is 0 Å². The molecule has 1 rings (SSSR count). The van der Waals surface area contributed by atoms with Crippen LogP contribution in [0.3, 0.4) is 0 Å². The average molecular weight is 192 g/mol. The van der Waals surface area contributed by atoms with E-state index in [0.29, 0.717) is 15.4 Å². The van der Waals surface area contributed by atoms with E-state index in [-0.39, 0.29) is 5.75 Å². The Morgan fingerprint density at radius 1 is 1.17 bits per heavy atom. The summed E-state index contributed by atoms with van der Waals surface area (Å²) < 4.78 is 38.9. The van der Waals surface area contributed by atoms with Gasteiger partial charge in [0.05, 0.1) is 0 Å². The molecule has 1 nitrogen and oxygen atoms in total. The quantitative estimate of drug-likeness (QED) is 0.591. The number of rotatable bonds is 1. The SMILES string of the molecule is FC(F)(F)Oc1ccccc1[SiH3]. The summed E-state index contributed by atoms with van der Waals surface area (Å²) >= 11 is 0. The lowest BCUT2D eigenvalue weighted by molar-refractivity contribution is -0.274. The van der Waals surface area contributed by atoms with E-state index in [2.05, 4.69) is 4.74 Å². The van der Waals surface area contributed by atoms with Crippen LogP contribution in [0, 0.1) is 0 Å². The summed E-state index contributed by atoms with van der Waals surface area (Å²) in [5.74, 6) is -0.0864. The lowest BCUT2D eigenvalue weighted by Crippen LogP contribution is -2.21. The average Bonchev–Trinajstić information content (AvgIpc) is 1.91. The molecule has 0 bridgehead atoms. The highest BCUT2D eigenvalue weighted by Gasteiger charge is 2.31. The van der Waals surface area contributed by atoms with Crippen molar-refractivity contribution in [1.29, 1.82) is 0 Å². The van der Waals surface area contributed by atoms with Crippen LogP contribution in [0.15, 0.2) is 24.3 Å². The van der Waals surface area contributed by atoms with E-state index in [9.17, 15) is 13.2 Å². The van der Waals surface area contributed by atoms with Gasteiger partial charge in [-0.25, -0.2) is 0 Å². The van der Waals surface area contributed by atoms with Crippen LogP contribution in [0.2, 0.25) is 0 Å². The van der Waals surface area contributed by atoms with Gasteiger partial charge in [-0.2, -0.15) is 0 Å². The zero-order valence-electron chi connectivity index (χ0n) is 6.35. The fraction of sp³-hybridized carbons (Fsp3) is 0.143. The first-order valence-corrected chi connectivity index (χ1v) is 4.30. The van der Waals surface area contributed by atoms with Crippen molar-refractivity contribution < 1.29 is 17.9 Å². The van der Waals surface area contributed by atoms with E-state index in [1.165, 1.54) is 12.1 Å². The van der Waals surface area contributed by atoms with E-state index < -0.39 is 6.36 Å². The number of para-hydroxylation sites is 1. The monoisotopic (exact) mass is 192 g/mol. The summed E-state index contributed by atoms with van der Waals surface area (Å²) in [5.41, 5.74) is 0. The first-order valence-electron chi connectivity index (χ1n) is 3.30. The minimum Gasteiger partial charge on any atom is -0.406 e. The second-order valence-electron chi connectivity index (χ2n) is 2.31. The fourth-order valence-corrected chi connectivity index (χ4v) is 1.26. The second kappa shape index (κ2) is 3.18. The molecule has 0 N–H and O–H groups in total. The van der Waals surface area contributed by atoms with E-state index >= 15 is 0 Å². The van der Waals surface area contributed by atoms with Crippen molar-refractivity contribution >= 4 is 15.4 Å². The fourth-order valence-electron chi connectivity index (χ4n) is 0.796. The predicted octanol–water partition coefficient (Wildman–Crippen LogP) is 0.576. The van der Waals surface area contributed by atoms with Crippen molar-refractivity contribution in [2.75, 3.05) is 0 Å². The molecule has 0 amide bonds. The smallest absolute Gasteiger partial charge is 0.406 e. The Kier molecular flexibility index (Phi) is 2.42. The Bertz CT molecular complexity index is 272. The third-order valence-corrected chi connectivity index (χ3v) is 2.15. The zero-order chi connectivity index (χ0) is 9.19. The van der Waals surface area contributed by atoms with Gasteiger partial charge in [-0.3, -0.25) is 0 Å². The van der Waals surface area contributed by atoms with Crippen LogP contribution < -0.4 is 9.92 Å². The highest BCUT2D eigenvalue weighted by Crippen LogP contribution is 2.19. The predicted molar refractivity (Wildman–Crippen MR) is 42.7 cm³/mol. The van der Waals surface area contributed by atoms with Crippen molar-refractivity contribution in [3.8, 4) is 5.75 Å². The van der Waals surface area contributed by atoms with Crippen molar-refractivity contribution in [2.45, 2.75) is 6.36 Å². The third-order valence-electron chi connectivity index (χ3n) is 1.32. The number of ether oxygens (including phenoxy) is 1. The molecule has 0 radical (unpaired) electrons. The van der Waals surface area contributed by atoms with Crippen molar-refractivity contribution in [1.82, 2.24) is 0 Å². The summed E-state index contributed by atoms with van der Waals surface area (Å²) in [5, 5.41) is 0.606. The molecule has 0 heterocycles. The molecule has 0 spiro atoms. The van der Waals surface area contributed by atoms with Crippen molar-refractivity contribution in [3.63, 3.8) is 0 Å². The van der Waals surface area contributed by atoms with Crippen LogP contribution in [0.4, 0.5) is 13.2 Å². The van der Waals surface area contributed by atoms with Gasteiger partial charge in [0.25, 0.3) is 0 Å². The third kappa shape index (κ3) is 2.58. The van der Waals surface area contributed by atoms with Gasteiger partial charge < -0.3 is 4.74 Å². The summed E-state index contributed by atoms with van der Waals surface area (Å²) in [7, 11) is 0.544. The molecule has 12 heavy (non-hydrogen) atoms. The van der Waals surface area contributed by atoms with E-state index in [1.807, 2.05) is 0 Å². The van der Waals surface area contributed by atoms with Gasteiger partial charge in [0, 0.05) is 10.2 Å². The Morgan fingerprint density at radius 2 is 1.75 bits per heavy atom. The van der Waals surface area contributed by atoms with Crippen LogP contribution in [-0.4, -0.2) is 16.6 Å². The summed E-state index contributed by atoms with van der Waals surface area (Å²) in [4.78, 5) is 0. The van der Waals surface area contributed by atoms with Gasteiger partial charge in [-0.05, 0) is 11.3 Å². The van der Waals surface area contributed by atoms with Crippen LogP contribution in [0.5, 0.6) is 5.75 Å². The maximum Gasteiger partial charge on any atom is 0.573 e. The topological polar surface area (TPSA) is 9.23 Å². The summed E-state index contributed by atoms with van der Waals surface area (Å²) in [6.45, 7) is 0. The lowest BCUT2D eigenvalue weighted by Gasteiger charge is -2.10. The standard InChI is InChI=1S/C7H7F3OSi/c8-7(9,10)11-5-3-1-2-4-6(5)12/h1-4H,12H3. The number of benzene rings is 1. The Hall–Kier alpha value is -0.973. The zero-order valence-corrected chi connectivity index (χ0v) is 8.35. The van der Waals surface area contributed by atoms with Crippen molar-refractivity contribution in [2.24, 2.45) is 0 Å².